The zero-order valence-electron chi connectivity index (χ0n) is 26.8. The lowest BCUT2D eigenvalue weighted by atomic mass is 9.99. The van der Waals surface area contributed by atoms with Gasteiger partial charge in [-0.15, -0.1) is 0 Å². The molecule has 0 unspecified atom stereocenters. The molecule has 6 aromatic carbocycles. The zero-order chi connectivity index (χ0) is 34.9. The third-order valence-electron chi connectivity index (χ3n) is 8.06. The summed E-state index contributed by atoms with van der Waals surface area (Å²) in [6.07, 6.45) is 1.16. The van der Waals surface area contributed by atoms with Crippen LogP contribution in [-0.2, 0) is 24.3 Å². The third-order valence-corrected chi connectivity index (χ3v) is 8.06. The predicted octanol–water partition coefficient (Wildman–Crippen LogP) is 8.66. The monoisotopic (exact) mass is 664 g/mol. The highest BCUT2D eigenvalue weighted by molar-refractivity contribution is 6.03. The van der Waals surface area contributed by atoms with Crippen LogP contribution in [0.25, 0.3) is 11.1 Å². The van der Waals surface area contributed by atoms with Crippen molar-refractivity contribution in [1.82, 2.24) is 0 Å². The maximum absolute atomic E-state index is 13.0. The lowest BCUT2D eigenvalue weighted by Crippen LogP contribution is -2.14. The number of carboxylic acid groups (broad SMARTS) is 2. The van der Waals surface area contributed by atoms with Gasteiger partial charge < -0.3 is 19.8 Å². The molecule has 0 spiro atoms. The van der Waals surface area contributed by atoms with E-state index in [1.165, 1.54) is 12.1 Å². The smallest absolute Gasteiger partial charge is 0.344 e. The number of ether oxygens (including phenoxy) is 1. The number of carbonyl (C=O) groups is 3. The van der Waals surface area contributed by atoms with Gasteiger partial charge in [0.2, 0.25) is 0 Å². The van der Waals surface area contributed by atoms with Crippen molar-refractivity contribution in [2.24, 2.45) is 0 Å². The van der Waals surface area contributed by atoms with Crippen molar-refractivity contribution in [3.05, 3.63) is 190 Å². The number of esters is 1. The number of carbonyl (C=O) groups excluding carboxylic acids is 1. The molecule has 0 saturated carbocycles. The summed E-state index contributed by atoms with van der Waals surface area (Å²) < 4.78 is 5.52. The summed E-state index contributed by atoms with van der Waals surface area (Å²) in [5.74, 6) is -2.31. The number of rotatable bonds is 13. The van der Waals surface area contributed by atoms with Crippen LogP contribution in [0.3, 0.4) is 0 Å². The van der Waals surface area contributed by atoms with E-state index >= 15 is 0 Å². The Morgan fingerprint density at radius 1 is 0.480 bits per heavy atom. The molecule has 0 aromatic heterocycles. The Morgan fingerprint density at radius 3 is 1.52 bits per heavy atom. The van der Waals surface area contributed by atoms with Gasteiger partial charge in [-0.1, -0.05) is 103 Å². The summed E-state index contributed by atoms with van der Waals surface area (Å²) in [7, 11) is 0. The molecule has 0 aliphatic rings. The Hall–Kier alpha value is -6.51. The fourth-order valence-electron chi connectivity index (χ4n) is 5.52. The molecule has 0 fully saturated rings. The second kappa shape index (κ2) is 15.6. The van der Waals surface area contributed by atoms with Crippen molar-refractivity contribution in [3.8, 4) is 22.6 Å². The maximum Gasteiger partial charge on any atom is 0.344 e. The van der Waals surface area contributed by atoms with Gasteiger partial charge in [0.1, 0.15) is 12.4 Å². The van der Waals surface area contributed by atoms with Crippen LogP contribution in [0.5, 0.6) is 11.5 Å². The number of carboxylic acids is 2. The SMILES string of the molecule is O=C(O)c1cc(Cc2ccccc2)ccc1COOc1ccc(-c2ccc(OC(=O)c3ccc(Cc4ccccc4)cc3C(=O)O)cc2)cc1. The number of aromatic carboxylic acids is 2. The van der Waals surface area contributed by atoms with Crippen LogP contribution in [0.4, 0.5) is 0 Å². The zero-order valence-corrected chi connectivity index (χ0v) is 26.8. The predicted molar refractivity (Wildman–Crippen MR) is 188 cm³/mol. The molecule has 2 N–H and O–H groups in total. The fourth-order valence-corrected chi connectivity index (χ4v) is 5.52. The lowest BCUT2D eigenvalue weighted by Gasteiger charge is -2.11. The van der Waals surface area contributed by atoms with Crippen molar-refractivity contribution in [1.29, 1.82) is 0 Å². The molecule has 0 aliphatic carbocycles. The molecule has 248 valence electrons. The van der Waals surface area contributed by atoms with Crippen LogP contribution in [0.15, 0.2) is 146 Å². The Kier molecular flexibility index (Phi) is 10.4. The molecule has 0 aliphatic heterocycles. The molecular weight excluding hydrogens is 632 g/mol. The Bertz CT molecular complexity index is 2110. The topological polar surface area (TPSA) is 119 Å². The van der Waals surface area contributed by atoms with E-state index in [2.05, 4.69) is 0 Å². The largest absolute Gasteiger partial charge is 0.478 e. The van der Waals surface area contributed by atoms with Crippen LogP contribution in [0, 0.1) is 0 Å². The van der Waals surface area contributed by atoms with Gasteiger partial charge in [0.25, 0.3) is 0 Å². The minimum absolute atomic E-state index is 0.0320. The third kappa shape index (κ3) is 8.49. The van der Waals surface area contributed by atoms with Crippen LogP contribution in [-0.4, -0.2) is 28.1 Å². The lowest BCUT2D eigenvalue weighted by molar-refractivity contribution is -0.217. The van der Waals surface area contributed by atoms with Gasteiger partial charge in [0.15, 0.2) is 5.75 Å². The van der Waals surface area contributed by atoms with Crippen LogP contribution in [0.1, 0.15) is 58.9 Å². The second-order valence-electron chi connectivity index (χ2n) is 11.6. The van der Waals surface area contributed by atoms with Gasteiger partial charge in [0, 0.05) is 0 Å². The van der Waals surface area contributed by atoms with Gasteiger partial charge in [-0.25, -0.2) is 14.4 Å². The molecule has 0 atom stereocenters. The highest BCUT2D eigenvalue weighted by Crippen LogP contribution is 2.26. The quantitative estimate of drug-likeness (QED) is 0.0545. The van der Waals surface area contributed by atoms with Crippen molar-refractivity contribution in [2.45, 2.75) is 19.4 Å². The Labute approximate surface area is 288 Å². The molecule has 6 rings (SSSR count). The van der Waals surface area contributed by atoms with Gasteiger partial charge in [-0.2, -0.15) is 4.89 Å². The minimum Gasteiger partial charge on any atom is -0.478 e. The van der Waals surface area contributed by atoms with Gasteiger partial charge >= 0.3 is 17.9 Å². The first-order valence-corrected chi connectivity index (χ1v) is 15.8. The first-order valence-electron chi connectivity index (χ1n) is 15.8. The molecule has 6 aromatic rings. The van der Waals surface area contributed by atoms with E-state index < -0.39 is 17.9 Å². The van der Waals surface area contributed by atoms with Crippen LogP contribution >= 0.6 is 0 Å². The molecular formula is C42H32O8. The van der Waals surface area contributed by atoms with Crippen LogP contribution in [0.2, 0.25) is 0 Å². The number of hydrogen-bond acceptors (Lipinski definition) is 6. The first kappa shape index (κ1) is 33.4. The van der Waals surface area contributed by atoms with Gasteiger partial charge in [0.05, 0.1) is 16.7 Å². The maximum atomic E-state index is 13.0. The van der Waals surface area contributed by atoms with Gasteiger partial charge in [-0.3, -0.25) is 0 Å². The van der Waals surface area contributed by atoms with Crippen molar-refractivity contribution in [3.63, 3.8) is 0 Å². The molecule has 0 bridgehead atoms. The number of benzene rings is 6. The first-order chi connectivity index (χ1) is 24.3. The Balaban J connectivity index is 1.04. The van der Waals surface area contributed by atoms with Crippen LogP contribution < -0.4 is 9.62 Å². The summed E-state index contributed by atoms with van der Waals surface area (Å²) in [6, 6.07) is 43.4. The molecule has 8 nitrogen and oxygen atoms in total. The summed E-state index contributed by atoms with van der Waals surface area (Å²) in [5, 5.41) is 19.6. The van der Waals surface area contributed by atoms with E-state index in [4.69, 9.17) is 14.5 Å². The Morgan fingerprint density at radius 2 is 0.980 bits per heavy atom. The average Bonchev–Trinajstić information content (AvgIpc) is 3.13. The summed E-state index contributed by atoms with van der Waals surface area (Å²) in [6.45, 7) is -0.0546. The highest BCUT2D eigenvalue weighted by atomic mass is 17.2. The fraction of sp³-hybridized carbons (Fsp3) is 0.0714. The summed E-state index contributed by atoms with van der Waals surface area (Å²) in [4.78, 5) is 47.7. The minimum atomic E-state index is -1.21. The van der Waals surface area contributed by atoms with E-state index in [9.17, 15) is 24.6 Å². The number of hydrogen-bond donors (Lipinski definition) is 2. The molecule has 50 heavy (non-hydrogen) atoms. The molecule has 0 heterocycles. The van der Waals surface area contributed by atoms with Crippen molar-refractivity contribution < 1.29 is 39.1 Å². The van der Waals surface area contributed by atoms with E-state index in [1.54, 1.807) is 54.6 Å². The average molecular weight is 665 g/mol. The standard InChI is InChI=1S/C42H32O8/c43-40(44)38-25-30(23-28-7-3-1-4-8-28)11-13-34(38)27-48-50-36-20-16-33(17-21-36)32-14-18-35(19-15-32)49-42(47)37-22-12-31(26-39(37)41(45)46)24-29-9-5-2-6-10-29/h1-22,25-26H,23-24,27H2,(H,43,44)(H,45,46). The van der Waals surface area contributed by atoms with E-state index in [1.807, 2.05) is 78.9 Å². The molecule has 8 heteroatoms. The van der Waals surface area contributed by atoms with Crippen molar-refractivity contribution >= 4 is 17.9 Å². The summed E-state index contributed by atoms with van der Waals surface area (Å²) >= 11 is 0. The van der Waals surface area contributed by atoms with E-state index in [0.717, 1.165) is 33.4 Å². The second-order valence-corrected chi connectivity index (χ2v) is 11.6. The molecule has 0 amide bonds. The van der Waals surface area contributed by atoms with Crippen molar-refractivity contribution in [2.75, 3.05) is 0 Å². The summed E-state index contributed by atoms with van der Waals surface area (Å²) in [5.41, 5.74) is 5.98. The van der Waals surface area contributed by atoms with Gasteiger partial charge in [-0.05, 0) is 94.3 Å². The van der Waals surface area contributed by atoms with E-state index in [-0.39, 0.29) is 29.0 Å². The highest BCUT2D eigenvalue weighted by Gasteiger charge is 2.20. The normalized spacial score (nSPS) is 10.7. The van der Waals surface area contributed by atoms with E-state index in [0.29, 0.717) is 24.2 Å². The molecule has 0 radical (unpaired) electrons. The molecule has 0 saturated heterocycles.